The fraction of sp³-hybridized carbons (Fsp3) is 0. The third kappa shape index (κ3) is 20.7. The number of rotatable bonds is 0. The Bertz CT molecular complexity index is 6.85. The summed E-state index contributed by atoms with van der Waals surface area (Å²) in [6.07, 6.45) is 0. The summed E-state index contributed by atoms with van der Waals surface area (Å²) in [5, 5.41) is 0. The normalized spacial score (nSPS) is 0. The predicted octanol–water partition coefficient (Wildman–Crippen LogP) is 0.0815. The zero-order chi connectivity index (χ0) is 0. The van der Waals surface area contributed by atoms with Crippen LogP contribution in [0, 0.1) is 35.6 Å². The largest absolute Gasteiger partial charge is 0.187 e. The van der Waals surface area contributed by atoms with Crippen molar-refractivity contribution in [3.05, 3.63) is 0 Å². The monoisotopic (exact) mass is 277 g/mol. The molecule has 0 heterocycles. The summed E-state index contributed by atoms with van der Waals surface area (Å²) >= 11 is 0. The van der Waals surface area contributed by atoms with Gasteiger partial charge in [-0.05, 0) is 0 Å². The maximum absolute atomic E-state index is 0. The first-order valence-electron chi connectivity index (χ1n) is 0. The summed E-state index contributed by atoms with van der Waals surface area (Å²) in [6.45, 7) is 0. The van der Waals surface area contributed by atoms with Crippen LogP contribution in [0.1, 0.15) is 0 Å². The first-order chi connectivity index (χ1) is 0. The molecule has 0 aromatic rings. The van der Waals surface area contributed by atoms with E-state index < -0.39 is 0 Å². The van der Waals surface area contributed by atoms with Crippen LogP contribution in [0.5, 0.6) is 0 Å². The van der Waals surface area contributed by atoms with Gasteiger partial charge in [-0.2, -0.15) is 0 Å². The summed E-state index contributed by atoms with van der Waals surface area (Å²) in [5.41, 5.74) is 0. The van der Waals surface area contributed by atoms with E-state index in [1.165, 1.54) is 0 Å². The molecular formula is H6AlCl3La. The molecule has 1 radical (unpaired) electrons. The summed E-state index contributed by atoms with van der Waals surface area (Å²) in [5.74, 6) is 0. The van der Waals surface area contributed by atoms with Crippen molar-refractivity contribution in [1.82, 2.24) is 0 Å². The van der Waals surface area contributed by atoms with E-state index in [4.69, 9.17) is 0 Å². The first-order valence-corrected chi connectivity index (χ1v) is 0. The molecule has 0 aromatic heterocycles. The maximum atomic E-state index is 0. The summed E-state index contributed by atoms with van der Waals surface area (Å²) in [7, 11) is 0. The smallest absolute Gasteiger partial charge is 0.147 e. The van der Waals surface area contributed by atoms with Gasteiger partial charge in [0, 0.05) is 35.6 Å². The van der Waals surface area contributed by atoms with Crippen LogP contribution in [0.2, 0.25) is 0 Å². The van der Waals surface area contributed by atoms with Crippen LogP contribution in [0.25, 0.3) is 0 Å². The van der Waals surface area contributed by atoms with E-state index in [2.05, 4.69) is 0 Å². The van der Waals surface area contributed by atoms with E-state index in [9.17, 15) is 0 Å². The van der Waals surface area contributed by atoms with Crippen LogP contribution in [0.3, 0.4) is 0 Å². The van der Waals surface area contributed by atoms with Crippen LogP contribution in [-0.2, 0) is 0 Å². The van der Waals surface area contributed by atoms with Gasteiger partial charge >= 0.3 is 0 Å². The predicted molar refractivity (Wildman–Crippen MR) is 31.7 cm³/mol. The van der Waals surface area contributed by atoms with E-state index in [1.807, 2.05) is 0 Å². The molecule has 0 rings (SSSR count). The summed E-state index contributed by atoms with van der Waals surface area (Å²) in [4.78, 5) is 0. The second-order valence-corrected chi connectivity index (χ2v) is 0. The van der Waals surface area contributed by atoms with Crippen LogP contribution >= 0.6 is 37.2 Å². The van der Waals surface area contributed by atoms with Gasteiger partial charge in [-0.25, -0.2) is 0 Å². The van der Waals surface area contributed by atoms with Crippen LogP contribution < -0.4 is 0 Å². The Morgan fingerprint density at radius 1 is 0.600 bits per heavy atom. The van der Waals surface area contributed by atoms with Gasteiger partial charge in [0.1, 0.15) is 0 Å². The Morgan fingerprint density at radius 3 is 0.600 bits per heavy atom. The van der Waals surface area contributed by atoms with Gasteiger partial charge in [0.05, 0.1) is 0 Å². The maximum Gasteiger partial charge on any atom is 0.187 e. The molecule has 0 aliphatic heterocycles. The number of hydrogen-bond donors (Lipinski definition) is 0. The van der Waals surface area contributed by atoms with Crippen molar-refractivity contribution in [2.75, 3.05) is 0 Å². The molecule has 0 bridgehead atoms. The van der Waals surface area contributed by atoms with Crippen molar-refractivity contribution >= 4 is 54.6 Å². The van der Waals surface area contributed by atoms with Gasteiger partial charge < -0.3 is 0 Å². The van der Waals surface area contributed by atoms with E-state index in [1.54, 1.807) is 0 Å². The van der Waals surface area contributed by atoms with Crippen molar-refractivity contribution in [3.63, 3.8) is 0 Å². The molecule has 0 fully saturated rings. The van der Waals surface area contributed by atoms with E-state index in [0.29, 0.717) is 0 Å². The fourth-order valence-corrected chi connectivity index (χ4v) is 0. The molecule has 5 heteroatoms. The van der Waals surface area contributed by atoms with E-state index >= 15 is 0 Å². The Labute approximate surface area is 88.8 Å². The second-order valence-electron chi connectivity index (χ2n) is 0. The third-order valence-electron chi connectivity index (χ3n) is 0. The van der Waals surface area contributed by atoms with Crippen LogP contribution in [-0.4, -0.2) is 17.4 Å². The standard InChI is InChI=1S/Al.3ClH.La.3H/h;3*1H;;;;. The van der Waals surface area contributed by atoms with Crippen molar-refractivity contribution in [1.29, 1.82) is 0 Å². The van der Waals surface area contributed by atoms with Crippen molar-refractivity contribution in [3.8, 4) is 0 Å². The molecule has 0 aliphatic rings. The van der Waals surface area contributed by atoms with Gasteiger partial charge in [-0.15, -0.1) is 37.2 Å². The minimum Gasteiger partial charge on any atom is -0.147 e. The van der Waals surface area contributed by atoms with Gasteiger partial charge in [-0.1, -0.05) is 0 Å². The Hall–Kier alpha value is 2.60. The van der Waals surface area contributed by atoms with Gasteiger partial charge in [0.2, 0.25) is 0 Å². The molecule has 0 spiro atoms. The molecule has 0 unspecified atom stereocenters. The molecule has 5 heavy (non-hydrogen) atoms. The fourth-order valence-electron chi connectivity index (χ4n) is 0. The van der Waals surface area contributed by atoms with Gasteiger partial charge in [0.25, 0.3) is 0 Å². The Kier molecular flexibility index (Phi) is 300. The molecule has 0 saturated carbocycles. The van der Waals surface area contributed by atoms with Crippen LogP contribution in [0.4, 0.5) is 0 Å². The Morgan fingerprint density at radius 2 is 0.600 bits per heavy atom. The molecule has 0 N–H and O–H groups in total. The minimum absolute atomic E-state index is 0. The average Bonchev–Trinajstić information content (AvgIpc) is 0. The number of hydrogen-bond acceptors (Lipinski definition) is 0. The molecule has 0 atom stereocenters. The second kappa shape index (κ2) is 30.6. The molecule has 0 aliphatic carbocycles. The summed E-state index contributed by atoms with van der Waals surface area (Å²) in [6, 6.07) is 0. The topological polar surface area (TPSA) is 0 Å². The minimum atomic E-state index is 0. The summed E-state index contributed by atoms with van der Waals surface area (Å²) < 4.78 is 0. The van der Waals surface area contributed by atoms with Gasteiger partial charge in [-0.3, -0.25) is 0 Å². The zero-order valence-electron chi connectivity index (χ0n) is 1.80. The molecule has 33 valence electrons. The average molecular weight is 278 g/mol. The van der Waals surface area contributed by atoms with Crippen LogP contribution in [0.15, 0.2) is 0 Å². The first kappa shape index (κ1) is 49.0. The zero-order valence-corrected chi connectivity index (χ0v) is 7.88. The molecular weight excluding hydrogens is 272 g/mol. The molecule has 0 saturated heterocycles. The number of halogens is 3. The van der Waals surface area contributed by atoms with Crippen molar-refractivity contribution < 1.29 is 35.6 Å². The quantitative estimate of drug-likeness (QED) is 0.551. The molecule has 0 nitrogen and oxygen atoms in total. The van der Waals surface area contributed by atoms with E-state index in [-0.39, 0.29) is 90.2 Å². The van der Waals surface area contributed by atoms with Crippen molar-refractivity contribution in [2.45, 2.75) is 0 Å². The third-order valence-corrected chi connectivity index (χ3v) is 0. The Balaban J connectivity index is 0. The SMILES string of the molecule is Cl.Cl.Cl.[AlH3].[La]. The molecule has 0 amide bonds. The van der Waals surface area contributed by atoms with Crippen molar-refractivity contribution in [2.24, 2.45) is 0 Å². The molecule has 0 aromatic carbocycles. The van der Waals surface area contributed by atoms with E-state index in [0.717, 1.165) is 0 Å². The van der Waals surface area contributed by atoms with Gasteiger partial charge in [0.15, 0.2) is 17.4 Å².